The Kier molecular flexibility index (Phi) is 10.7. The molecule has 9 heteroatoms. The van der Waals surface area contributed by atoms with Gasteiger partial charge in [-0.1, -0.05) is 49.9 Å². The molecular weight excluding hydrogens is 446 g/mol. The molecule has 2 rings (SSSR count). The number of anilines is 1. The van der Waals surface area contributed by atoms with Crippen molar-refractivity contribution in [2.24, 2.45) is 11.8 Å². The minimum absolute atomic E-state index is 0.0800. The van der Waals surface area contributed by atoms with Crippen LogP contribution in [-0.2, 0) is 14.4 Å². The van der Waals surface area contributed by atoms with E-state index in [0.29, 0.717) is 11.5 Å². The van der Waals surface area contributed by atoms with Gasteiger partial charge in [-0.15, -0.1) is 11.3 Å². The van der Waals surface area contributed by atoms with E-state index in [4.69, 9.17) is 0 Å². The Balaban J connectivity index is 1.83. The average molecular weight is 478 g/mol. The van der Waals surface area contributed by atoms with Crippen LogP contribution in [0.5, 0.6) is 0 Å². The number of hydrogen-bond acceptors (Lipinski definition) is 6. The molecule has 32 heavy (non-hydrogen) atoms. The van der Waals surface area contributed by atoms with Gasteiger partial charge in [-0.3, -0.25) is 19.6 Å². The highest BCUT2D eigenvalue weighted by Gasteiger charge is 2.25. The van der Waals surface area contributed by atoms with Crippen molar-refractivity contribution in [2.45, 2.75) is 37.3 Å². The minimum atomic E-state index is -0.564. The first kappa shape index (κ1) is 25.9. The predicted octanol–water partition coefficient (Wildman–Crippen LogP) is 4.24. The zero-order valence-electron chi connectivity index (χ0n) is 18.7. The molecule has 0 aliphatic heterocycles. The predicted molar refractivity (Wildman–Crippen MR) is 129 cm³/mol. The number of nitrogens with one attached hydrogen (secondary N) is 1. The molecule has 2 N–H and O–H groups in total. The molecule has 0 unspecified atom stereocenters. The molecule has 7 nitrogen and oxygen atoms in total. The van der Waals surface area contributed by atoms with Gasteiger partial charge in [0, 0.05) is 38.0 Å². The molecule has 1 heterocycles. The first-order valence-corrected chi connectivity index (χ1v) is 12.4. The second-order valence-corrected chi connectivity index (χ2v) is 10.1. The third kappa shape index (κ3) is 8.64. The van der Waals surface area contributed by atoms with Crippen molar-refractivity contribution in [3.05, 3.63) is 47.8 Å². The highest BCUT2D eigenvalue weighted by atomic mass is 32.2. The maximum Gasteiger partial charge on any atom is 0.247 e. The number of benzene rings is 1. The summed E-state index contributed by atoms with van der Waals surface area (Å²) in [4.78, 5) is 39.1. The van der Waals surface area contributed by atoms with Gasteiger partial charge in [0.1, 0.15) is 0 Å². The van der Waals surface area contributed by atoms with Gasteiger partial charge in [0.05, 0.1) is 10.1 Å². The van der Waals surface area contributed by atoms with Gasteiger partial charge < -0.3 is 10.2 Å². The van der Waals surface area contributed by atoms with Crippen LogP contribution in [0.2, 0.25) is 0 Å². The molecular formula is C23H31N3O4S2. The SMILES string of the molecule is CC(C)C[C@H](CC(=O)N(O)CSc1cccs1)C(=O)NCCC(=O)N(C)c1ccccc1. The second kappa shape index (κ2) is 13.2. The van der Waals surface area contributed by atoms with Gasteiger partial charge in [-0.25, -0.2) is 5.06 Å². The summed E-state index contributed by atoms with van der Waals surface area (Å²) in [6.07, 6.45) is 0.591. The van der Waals surface area contributed by atoms with Gasteiger partial charge in [0.15, 0.2) is 0 Å². The summed E-state index contributed by atoms with van der Waals surface area (Å²) in [6, 6.07) is 13.1. The van der Waals surface area contributed by atoms with Crippen molar-refractivity contribution >= 4 is 46.5 Å². The molecule has 174 valence electrons. The summed E-state index contributed by atoms with van der Waals surface area (Å²) >= 11 is 2.90. The highest BCUT2D eigenvalue weighted by Crippen LogP contribution is 2.24. The Labute approximate surface area is 197 Å². The molecule has 1 atom stereocenters. The van der Waals surface area contributed by atoms with E-state index in [-0.39, 0.29) is 43.0 Å². The van der Waals surface area contributed by atoms with E-state index < -0.39 is 11.8 Å². The second-order valence-electron chi connectivity index (χ2n) is 7.86. The molecule has 0 spiro atoms. The zero-order chi connectivity index (χ0) is 23.5. The Hall–Kier alpha value is -2.36. The first-order valence-electron chi connectivity index (χ1n) is 10.5. The number of amides is 3. The monoisotopic (exact) mass is 477 g/mol. The van der Waals surface area contributed by atoms with Crippen molar-refractivity contribution in [3.8, 4) is 0 Å². The maximum atomic E-state index is 12.7. The fraction of sp³-hybridized carbons (Fsp3) is 0.435. The standard InChI is InChI=1S/C23H31N3O4S2/c1-17(2)14-18(15-21(28)26(30)16-32-22-10-7-13-31-22)23(29)24-12-11-20(27)25(3)19-8-5-4-6-9-19/h4-10,13,17-18,30H,11-12,14-16H2,1-3H3,(H,24,29)/t18-/m1/s1. The lowest BCUT2D eigenvalue weighted by atomic mass is 9.93. The zero-order valence-corrected chi connectivity index (χ0v) is 20.3. The van der Waals surface area contributed by atoms with Gasteiger partial charge in [0.2, 0.25) is 17.7 Å². The summed E-state index contributed by atoms with van der Waals surface area (Å²) in [7, 11) is 1.70. The van der Waals surface area contributed by atoms with Crippen LogP contribution in [-0.4, -0.2) is 47.5 Å². The van der Waals surface area contributed by atoms with E-state index in [2.05, 4.69) is 5.32 Å². The third-order valence-corrected chi connectivity index (χ3v) is 6.91. The van der Waals surface area contributed by atoms with Crippen LogP contribution in [0.4, 0.5) is 5.69 Å². The summed E-state index contributed by atoms with van der Waals surface area (Å²) in [6.45, 7) is 4.15. The van der Waals surface area contributed by atoms with Crippen molar-refractivity contribution in [3.63, 3.8) is 0 Å². The lowest BCUT2D eigenvalue weighted by Gasteiger charge is -2.21. The van der Waals surface area contributed by atoms with Crippen LogP contribution < -0.4 is 10.2 Å². The molecule has 2 aromatic rings. The fourth-order valence-electron chi connectivity index (χ4n) is 3.11. The number of rotatable bonds is 12. The van der Waals surface area contributed by atoms with Crippen LogP contribution in [0.3, 0.4) is 0 Å². The largest absolute Gasteiger partial charge is 0.355 e. The molecule has 0 saturated heterocycles. The van der Waals surface area contributed by atoms with E-state index in [9.17, 15) is 19.6 Å². The Morgan fingerprint density at radius 1 is 1.09 bits per heavy atom. The normalized spacial score (nSPS) is 11.8. The molecule has 1 aromatic heterocycles. The summed E-state index contributed by atoms with van der Waals surface area (Å²) < 4.78 is 0.999. The van der Waals surface area contributed by atoms with Crippen LogP contribution in [0.15, 0.2) is 52.1 Å². The molecule has 0 fully saturated rings. The van der Waals surface area contributed by atoms with E-state index >= 15 is 0 Å². The van der Waals surface area contributed by atoms with Crippen LogP contribution >= 0.6 is 23.1 Å². The Bertz CT molecular complexity index is 859. The molecule has 3 amide bonds. The number of hydroxylamine groups is 2. The molecule has 0 aliphatic rings. The van der Waals surface area contributed by atoms with Crippen molar-refractivity contribution in [2.75, 3.05) is 24.4 Å². The van der Waals surface area contributed by atoms with Crippen molar-refractivity contribution in [1.29, 1.82) is 0 Å². The van der Waals surface area contributed by atoms with E-state index in [0.717, 1.165) is 9.90 Å². The smallest absolute Gasteiger partial charge is 0.247 e. The number of hydrogen-bond donors (Lipinski definition) is 2. The van der Waals surface area contributed by atoms with E-state index in [1.54, 1.807) is 11.9 Å². The summed E-state index contributed by atoms with van der Waals surface area (Å²) in [5, 5.41) is 15.5. The quantitative estimate of drug-likeness (QED) is 0.207. The number of carbonyl (C=O) groups is 3. The van der Waals surface area contributed by atoms with Crippen LogP contribution in [0, 0.1) is 11.8 Å². The van der Waals surface area contributed by atoms with Crippen molar-refractivity contribution < 1.29 is 19.6 Å². The van der Waals surface area contributed by atoms with Crippen molar-refractivity contribution in [1.82, 2.24) is 10.4 Å². The topological polar surface area (TPSA) is 90.0 Å². The Morgan fingerprint density at radius 2 is 1.81 bits per heavy atom. The van der Waals surface area contributed by atoms with E-state index in [1.165, 1.54) is 23.1 Å². The van der Waals surface area contributed by atoms with Crippen LogP contribution in [0.1, 0.15) is 33.1 Å². The lowest BCUT2D eigenvalue weighted by Crippen LogP contribution is -2.38. The maximum absolute atomic E-state index is 12.7. The Morgan fingerprint density at radius 3 is 2.44 bits per heavy atom. The van der Waals surface area contributed by atoms with Gasteiger partial charge in [-0.2, -0.15) is 0 Å². The molecule has 0 aliphatic carbocycles. The highest BCUT2D eigenvalue weighted by molar-refractivity contribution is 8.01. The minimum Gasteiger partial charge on any atom is -0.355 e. The van der Waals surface area contributed by atoms with Crippen LogP contribution in [0.25, 0.3) is 0 Å². The third-order valence-electron chi connectivity index (χ3n) is 4.82. The number of para-hydroxylation sites is 1. The molecule has 1 aromatic carbocycles. The van der Waals surface area contributed by atoms with Gasteiger partial charge in [0.25, 0.3) is 0 Å². The number of thiophene rings is 1. The average Bonchev–Trinajstić information content (AvgIpc) is 3.30. The molecule has 0 bridgehead atoms. The number of thioether (sulfide) groups is 1. The lowest BCUT2D eigenvalue weighted by molar-refractivity contribution is -0.163. The van der Waals surface area contributed by atoms with Gasteiger partial charge >= 0.3 is 0 Å². The fourth-order valence-corrected chi connectivity index (χ4v) is 4.72. The summed E-state index contributed by atoms with van der Waals surface area (Å²) in [5.74, 6) is -1.13. The first-order chi connectivity index (χ1) is 15.3. The molecule has 0 saturated carbocycles. The number of carbonyl (C=O) groups excluding carboxylic acids is 3. The number of nitrogens with zero attached hydrogens (tertiary/aromatic N) is 2. The van der Waals surface area contributed by atoms with E-state index in [1.807, 2.05) is 61.7 Å². The van der Waals surface area contributed by atoms with Gasteiger partial charge in [-0.05, 0) is 35.9 Å². The molecule has 0 radical (unpaired) electrons. The summed E-state index contributed by atoms with van der Waals surface area (Å²) in [5.41, 5.74) is 0.788.